The number of benzene rings is 1. The summed E-state index contributed by atoms with van der Waals surface area (Å²) in [6, 6.07) is 5.02. The number of rotatable bonds is 1. The van der Waals surface area contributed by atoms with Gasteiger partial charge in [-0.15, -0.1) is 0 Å². The molecule has 0 aromatic heterocycles. The van der Waals surface area contributed by atoms with Crippen LogP contribution in [-0.4, -0.2) is 15.0 Å². The molecule has 0 unspecified atom stereocenters. The van der Waals surface area contributed by atoms with E-state index in [-0.39, 0.29) is 25.7 Å². The molecule has 3 nitrogen and oxygen atoms in total. The molecule has 0 spiro atoms. The van der Waals surface area contributed by atoms with E-state index in [4.69, 9.17) is 0 Å². The van der Waals surface area contributed by atoms with Crippen LogP contribution in [0.15, 0.2) is 32.6 Å². The molecule has 0 aliphatic heterocycles. The van der Waals surface area contributed by atoms with Gasteiger partial charge in [0.05, 0.1) is 0 Å². The Balaban J connectivity index is 3.04. The molecule has 0 amide bonds. The zero-order chi connectivity index (χ0) is 10.3. The summed E-state index contributed by atoms with van der Waals surface area (Å²) in [5.41, 5.74) is -2.22. The first-order valence-corrected chi connectivity index (χ1v) is 6.53. The summed E-state index contributed by atoms with van der Waals surface area (Å²) >= 11 is 0.268. The van der Waals surface area contributed by atoms with Gasteiger partial charge in [0.15, 0.2) is 0 Å². The second kappa shape index (κ2) is 3.15. The van der Waals surface area contributed by atoms with Crippen LogP contribution in [0.1, 0.15) is 0 Å². The Morgan fingerprint density at radius 3 is 2.21 bits per heavy atom. The van der Waals surface area contributed by atoms with E-state index in [1.165, 1.54) is 0 Å². The third-order valence-electron chi connectivity index (χ3n) is 2.13. The average molecular weight is 253 g/mol. The molecule has 0 aliphatic carbocycles. The van der Waals surface area contributed by atoms with Gasteiger partial charge in [0.1, 0.15) is 0 Å². The van der Waals surface area contributed by atoms with Crippen molar-refractivity contribution in [2.24, 2.45) is 0 Å². The van der Waals surface area contributed by atoms with E-state index in [9.17, 15) is 14.4 Å². The molecule has 0 heterocycles. The molecule has 2 aromatic carbocycles. The van der Waals surface area contributed by atoms with Gasteiger partial charge in [-0.25, -0.2) is 0 Å². The predicted octanol–water partition coefficient (Wildman–Crippen LogP) is -0.826. The Morgan fingerprint density at radius 2 is 1.57 bits per heavy atom. The summed E-state index contributed by atoms with van der Waals surface area (Å²) in [4.78, 5) is 33.6. The van der Waals surface area contributed by atoms with Gasteiger partial charge >= 0.3 is 84.9 Å². The van der Waals surface area contributed by atoms with E-state index < -0.39 is 16.3 Å². The van der Waals surface area contributed by atoms with Crippen LogP contribution in [0.4, 0.5) is 0 Å². The van der Waals surface area contributed by atoms with Crippen molar-refractivity contribution in [2.75, 3.05) is 0 Å². The summed E-state index contributed by atoms with van der Waals surface area (Å²) in [6.45, 7) is 0. The molecule has 0 atom stereocenters. The van der Waals surface area contributed by atoms with E-state index >= 15 is 0 Å². The van der Waals surface area contributed by atoms with E-state index in [1.807, 2.05) is 5.82 Å². The summed E-state index contributed by atoms with van der Waals surface area (Å²) in [6.07, 6.45) is 0. The van der Waals surface area contributed by atoms with Gasteiger partial charge in [0.2, 0.25) is 0 Å². The molecule has 2 rings (SSSR count). The third-order valence-corrected chi connectivity index (χ3v) is 3.65. The van der Waals surface area contributed by atoms with Gasteiger partial charge in [-0.3, -0.25) is 0 Å². The van der Waals surface area contributed by atoms with Crippen molar-refractivity contribution in [3.63, 3.8) is 0 Å². The first-order chi connectivity index (χ1) is 6.65. The molecule has 0 bridgehead atoms. The first kappa shape index (κ1) is 9.31. The molecule has 0 fully saturated rings. The molecule has 70 valence electrons. The van der Waals surface area contributed by atoms with Crippen LogP contribution < -0.4 is 20.7 Å². The SMILES string of the molecule is C[Se]c1ccc2c(=O)c(=O)c(=O)c2c1. The minimum atomic E-state index is -0.902. The van der Waals surface area contributed by atoms with Crippen LogP contribution >= 0.6 is 0 Å². The van der Waals surface area contributed by atoms with Gasteiger partial charge < -0.3 is 0 Å². The van der Waals surface area contributed by atoms with Crippen molar-refractivity contribution in [1.29, 1.82) is 0 Å². The van der Waals surface area contributed by atoms with E-state index in [0.29, 0.717) is 0 Å². The molecule has 4 heteroatoms. The normalized spacial score (nSPS) is 10.9. The minimum absolute atomic E-state index is 0.257. The Labute approximate surface area is 85.2 Å². The Bertz CT molecular complexity index is 636. The molecular formula is C10H6O3Se. The van der Waals surface area contributed by atoms with Crippen LogP contribution in [-0.2, 0) is 0 Å². The van der Waals surface area contributed by atoms with Gasteiger partial charge in [0.25, 0.3) is 0 Å². The average Bonchev–Trinajstić information content (AvgIpc) is 2.44. The maximum atomic E-state index is 11.3. The zero-order valence-electron chi connectivity index (χ0n) is 7.37. The Kier molecular flexibility index (Phi) is 2.10. The van der Waals surface area contributed by atoms with Crippen molar-refractivity contribution in [2.45, 2.75) is 5.82 Å². The van der Waals surface area contributed by atoms with Crippen LogP contribution in [0.3, 0.4) is 0 Å². The van der Waals surface area contributed by atoms with Crippen molar-refractivity contribution in [3.8, 4) is 0 Å². The van der Waals surface area contributed by atoms with Gasteiger partial charge in [0, 0.05) is 0 Å². The molecular weight excluding hydrogens is 247 g/mol. The molecule has 0 radical (unpaired) electrons. The molecule has 0 saturated carbocycles. The fourth-order valence-electron chi connectivity index (χ4n) is 1.38. The fraction of sp³-hybridized carbons (Fsp3) is 0.100. The van der Waals surface area contributed by atoms with Gasteiger partial charge in [-0.2, -0.15) is 0 Å². The Hall–Kier alpha value is -1.25. The summed E-state index contributed by atoms with van der Waals surface area (Å²) in [7, 11) is 0. The standard InChI is InChI=1S/C10H6O3Se/c1-14-5-2-3-6-7(4-5)9(12)10(13)8(6)11/h2-4H,1H3. The maximum absolute atomic E-state index is 11.3. The zero-order valence-corrected chi connectivity index (χ0v) is 9.08. The second-order valence-corrected chi connectivity index (χ2v) is 4.74. The quantitative estimate of drug-likeness (QED) is 0.492. The van der Waals surface area contributed by atoms with Crippen LogP contribution in [0.25, 0.3) is 10.8 Å². The molecule has 0 saturated heterocycles. The van der Waals surface area contributed by atoms with Crippen LogP contribution in [0, 0.1) is 0 Å². The molecule has 2 aromatic rings. The number of fused-ring (bicyclic) bond motifs is 1. The first-order valence-electron chi connectivity index (χ1n) is 3.96. The van der Waals surface area contributed by atoms with Crippen LogP contribution in [0.2, 0.25) is 5.82 Å². The fourth-order valence-corrected chi connectivity index (χ4v) is 2.31. The van der Waals surface area contributed by atoms with E-state index in [2.05, 4.69) is 0 Å². The van der Waals surface area contributed by atoms with E-state index in [1.54, 1.807) is 18.2 Å². The molecule has 0 aliphatic rings. The summed E-state index contributed by atoms with van der Waals surface area (Å²) in [5.74, 6) is 2.01. The Morgan fingerprint density at radius 1 is 0.929 bits per heavy atom. The summed E-state index contributed by atoms with van der Waals surface area (Å²) in [5, 5.41) is 0.536. The molecule has 14 heavy (non-hydrogen) atoms. The molecule has 0 N–H and O–H groups in total. The predicted molar refractivity (Wildman–Crippen MR) is 56.4 cm³/mol. The second-order valence-electron chi connectivity index (χ2n) is 2.90. The van der Waals surface area contributed by atoms with Crippen molar-refractivity contribution in [3.05, 3.63) is 48.9 Å². The number of hydrogen-bond acceptors (Lipinski definition) is 3. The van der Waals surface area contributed by atoms with Crippen molar-refractivity contribution < 1.29 is 0 Å². The number of hydrogen-bond donors (Lipinski definition) is 0. The third kappa shape index (κ3) is 1.15. The summed E-state index contributed by atoms with van der Waals surface area (Å²) < 4.78 is 1.02. The van der Waals surface area contributed by atoms with Gasteiger partial charge in [-0.05, 0) is 0 Å². The van der Waals surface area contributed by atoms with Crippen molar-refractivity contribution >= 4 is 30.2 Å². The van der Waals surface area contributed by atoms with E-state index in [0.717, 1.165) is 4.46 Å². The van der Waals surface area contributed by atoms with Crippen molar-refractivity contribution in [1.82, 2.24) is 0 Å². The van der Waals surface area contributed by atoms with Gasteiger partial charge in [-0.1, -0.05) is 0 Å². The topological polar surface area (TPSA) is 51.2 Å². The van der Waals surface area contributed by atoms with Crippen LogP contribution in [0.5, 0.6) is 0 Å². The monoisotopic (exact) mass is 254 g/mol.